The smallest absolute Gasteiger partial charge is 0.173 e. The van der Waals surface area contributed by atoms with Crippen molar-refractivity contribution >= 4 is 11.5 Å². The molecule has 2 aromatic heterocycles. The van der Waals surface area contributed by atoms with Gasteiger partial charge in [0, 0.05) is 23.9 Å². The first kappa shape index (κ1) is 15.5. The average molecular weight is 339 g/mol. The van der Waals surface area contributed by atoms with E-state index < -0.39 is 5.82 Å². The molecule has 3 aromatic rings. The Bertz CT molecular complexity index is 962. The van der Waals surface area contributed by atoms with Gasteiger partial charge in [0.25, 0.3) is 0 Å². The van der Waals surface area contributed by atoms with Gasteiger partial charge in [-0.15, -0.1) is 0 Å². The van der Waals surface area contributed by atoms with Gasteiger partial charge in [-0.2, -0.15) is 5.26 Å². The third-order valence-electron chi connectivity index (χ3n) is 4.70. The lowest BCUT2D eigenvalue weighted by molar-refractivity contribution is 0.411. The average Bonchev–Trinajstić information content (AvgIpc) is 3.33. The number of rotatable bonds is 4. The first-order valence-electron chi connectivity index (χ1n) is 8.31. The minimum absolute atomic E-state index is 0.328. The third kappa shape index (κ3) is 2.60. The Morgan fingerprint density at radius 3 is 2.88 bits per heavy atom. The molecule has 0 aliphatic heterocycles. The van der Waals surface area contributed by atoms with Crippen LogP contribution in [0.3, 0.4) is 0 Å². The lowest BCUT2D eigenvalue weighted by atomic mass is 10.1. The largest absolute Gasteiger partial charge is 0.497 e. The van der Waals surface area contributed by atoms with Gasteiger partial charge >= 0.3 is 0 Å². The van der Waals surface area contributed by atoms with Crippen molar-refractivity contribution in [3.8, 4) is 23.1 Å². The number of aromatic nitrogens is 3. The molecule has 1 fully saturated rings. The van der Waals surface area contributed by atoms with Crippen LogP contribution in [0.25, 0.3) is 16.9 Å². The van der Waals surface area contributed by atoms with Crippen LogP contribution in [-0.2, 0) is 0 Å². The maximum absolute atomic E-state index is 14.6. The number of fused-ring (bicyclic) bond motifs is 1. The van der Waals surface area contributed by atoms with E-state index in [-0.39, 0.29) is 0 Å². The maximum Gasteiger partial charge on any atom is 0.173 e. The van der Waals surface area contributed by atoms with E-state index in [4.69, 9.17) is 4.74 Å². The molecule has 1 aromatic carbocycles. The molecule has 1 aliphatic rings. The Labute approximate surface area is 144 Å². The number of nitriles is 1. The van der Waals surface area contributed by atoms with Crippen molar-refractivity contribution in [2.75, 3.05) is 12.4 Å². The van der Waals surface area contributed by atoms with E-state index in [1.165, 1.54) is 26.0 Å². The second kappa shape index (κ2) is 6.13. The van der Waals surface area contributed by atoms with Gasteiger partial charge in [-0.05, 0) is 25.0 Å². The van der Waals surface area contributed by atoms with Gasteiger partial charge in [-0.25, -0.2) is 13.9 Å². The first-order chi connectivity index (χ1) is 12.2. The molecule has 0 saturated heterocycles. The molecule has 2 N–H and O–H groups in total. The lowest BCUT2D eigenvalue weighted by Crippen LogP contribution is -2.16. The van der Waals surface area contributed by atoms with Crippen molar-refractivity contribution < 1.29 is 9.13 Å². The van der Waals surface area contributed by atoms with Gasteiger partial charge < -0.3 is 10.1 Å². The van der Waals surface area contributed by atoms with Crippen LogP contribution in [0.15, 0.2) is 24.4 Å². The Kier molecular flexibility index (Phi) is 3.80. The minimum Gasteiger partial charge on any atom is -0.497 e. The van der Waals surface area contributed by atoms with Crippen molar-refractivity contribution in [1.82, 2.24) is 14.6 Å². The number of nitrogens with zero attached hydrogens (tertiary/aromatic N) is 3. The number of hydrogen-bond acceptors (Lipinski definition) is 4. The van der Waals surface area contributed by atoms with E-state index in [2.05, 4.69) is 21.5 Å². The summed E-state index contributed by atoms with van der Waals surface area (Å²) in [6, 6.07) is 7.14. The summed E-state index contributed by atoms with van der Waals surface area (Å²) >= 11 is 0. The number of nitrogens with one attached hydrogen (secondary N) is 2. The minimum atomic E-state index is -0.409. The maximum atomic E-state index is 14.6. The number of halogens is 1. The summed E-state index contributed by atoms with van der Waals surface area (Å²) in [5, 5.41) is 15.8. The van der Waals surface area contributed by atoms with Crippen LogP contribution in [0.4, 0.5) is 10.2 Å². The molecule has 0 atom stereocenters. The Morgan fingerprint density at radius 1 is 1.40 bits per heavy atom. The highest BCUT2D eigenvalue weighted by Gasteiger charge is 2.24. The number of hydrogen-bond donors (Lipinski definition) is 2. The molecule has 0 unspecified atom stereocenters. The van der Waals surface area contributed by atoms with Crippen LogP contribution in [-0.4, -0.2) is 27.7 Å². The molecule has 1 saturated carbocycles. The van der Waals surface area contributed by atoms with Gasteiger partial charge in [0.05, 0.1) is 7.11 Å². The van der Waals surface area contributed by atoms with Gasteiger partial charge in [0.1, 0.15) is 28.9 Å². The Balaban J connectivity index is 1.86. The molecule has 0 amide bonds. The number of anilines is 1. The van der Waals surface area contributed by atoms with Crippen molar-refractivity contribution in [2.45, 2.75) is 31.7 Å². The lowest BCUT2D eigenvalue weighted by Gasteiger charge is -2.14. The second-order valence-corrected chi connectivity index (χ2v) is 6.24. The number of H-pyrrole nitrogens is 1. The molecule has 0 radical (unpaired) electrons. The van der Waals surface area contributed by atoms with Crippen LogP contribution in [0.1, 0.15) is 31.2 Å². The van der Waals surface area contributed by atoms with Gasteiger partial charge in [0.15, 0.2) is 11.5 Å². The summed E-state index contributed by atoms with van der Waals surface area (Å²) in [5.41, 5.74) is 1.79. The van der Waals surface area contributed by atoms with Crippen molar-refractivity contribution in [3.05, 3.63) is 35.8 Å². The van der Waals surface area contributed by atoms with Gasteiger partial charge in [0.2, 0.25) is 0 Å². The predicted molar refractivity (Wildman–Crippen MR) is 92.1 cm³/mol. The highest BCUT2D eigenvalue weighted by molar-refractivity contribution is 5.78. The quantitative estimate of drug-likeness (QED) is 0.760. The molecule has 25 heavy (non-hydrogen) atoms. The van der Waals surface area contributed by atoms with E-state index in [0.29, 0.717) is 40.1 Å². The molecular formula is C18H18FN5O. The van der Waals surface area contributed by atoms with Crippen LogP contribution in [0.2, 0.25) is 0 Å². The predicted octanol–water partition coefficient (Wildman–Crippen LogP) is 3.70. The summed E-state index contributed by atoms with van der Waals surface area (Å²) in [6.45, 7) is 0. The van der Waals surface area contributed by atoms with Gasteiger partial charge in [-0.1, -0.05) is 12.8 Å². The van der Waals surface area contributed by atoms with Crippen LogP contribution >= 0.6 is 0 Å². The number of ether oxygens (including phenoxy) is 1. The fourth-order valence-corrected chi connectivity index (χ4v) is 3.40. The topological polar surface area (TPSA) is 78.1 Å². The normalized spacial score (nSPS) is 14.8. The van der Waals surface area contributed by atoms with Crippen LogP contribution in [0.5, 0.6) is 5.75 Å². The number of methoxy groups -OCH3 is 1. The molecule has 6 nitrogen and oxygen atoms in total. The number of benzene rings is 1. The highest BCUT2D eigenvalue weighted by atomic mass is 19.1. The van der Waals surface area contributed by atoms with E-state index >= 15 is 0 Å². The fourth-order valence-electron chi connectivity index (χ4n) is 3.40. The molecule has 1 aliphatic carbocycles. The van der Waals surface area contributed by atoms with Gasteiger partial charge in [-0.3, -0.25) is 5.10 Å². The molecule has 0 bridgehead atoms. The van der Waals surface area contributed by atoms with Crippen molar-refractivity contribution in [3.63, 3.8) is 0 Å². The Hall–Kier alpha value is -3.01. The molecule has 0 spiro atoms. The van der Waals surface area contributed by atoms with E-state index in [1.54, 1.807) is 22.8 Å². The molecule has 4 rings (SSSR count). The van der Waals surface area contributed by atoms with Crippen LogP contribution in [0, 0.1) is 17.1 Å². The van der Waals surface area contributed by atoms with Crippen molar-refractivity contribution in [1.29, 1.82) is 5.26 Å². The molecule has 128 valence electrons. The third-order valence-corrected chi connectivity index (χ3v) is 4.70. The molecule has 2 heterocycles. The first-order valence-corrected chi connectivity index (χ1v) is 8.31. The zero-order chi connectivity index (χ0) is 17.4. The van der Waals surface area contributed by atoms with E-state index in [1.807, 2.05) is 0 Å². The second-order valence-electron chi connectivity index (χ2n) is 6.24. The zero-order valence-electron chi connectivity index (χ0n) is 13.8. The summed E-state index contributed by atoms with van der Waals surface area (Å²) in [4.78, 5) is 4.54. The summed E-state index contributed by atoms with van der Waals surface area (Å²) in [5.74, 6) is 0.731. The Morgan fingerprint density at radius 2 is 2.20 bits per heavy atom. The SMILES string of the molecule is COc1ccc(-c2nc3c(C#N)c[nH]n3c2NC2CCCC2)c(F)c1. The van der Waals surface area contributed by atoms with Crippen molar-refractivity contribution in [2.24, 2.45) is 0 Å². The standard InChI is InChI=1S/C18H18FN5O/c1-25-13-6-7-14(15(19)8-13)16-18(22-12-4-2-3-5-12)24-17(23-16)11(9-20)10-21-24/h6-8,10,12,21-22H,2-5H2,1H3. The van der Waals surface area contributed by atoms with E-state index in [9.17, 15) is 9.65 Å². The fraction of sp³-hybridized carbons (Fsp3) is 0.333. The number of imidazole rings is 1. The summed E-state index contributed by atoms with van der Waals surface area (Å²) in [7, 11) is 1.50. The zero-order valence-corrected chi connectivity index (χ0v) is 13.8. The molecule has 7 heteroatoms. The summed E-state index contributed by atoms with van der Waals surface area (Å²) in [6.07, 6.45) is 6.11. The molecular weight excluding hydrogens is 321 g/mol. The summed E-state index contributed by atoms with van der Waals surface area (Å²) < 4.78 is 21.4. The highest BCUT2D eigenvalue weighted by Crippen LogP contribution is 2.34. The number of aromatic amines is 1. The van der Waals surface area contributed by atoms with E-state index in [0.717, 1.165) is 12.8 Å². The van der Waals surface area contributed by atoms with Crippen LogP contribution < -0.4 is 10.1 Å². The monoisotopic (exact) mass is 339 g/mol.